The van der Waals surface area contributed by atoms with Gasteiger partial charge in [-0.15, -0.1) is 0 Å². The van der Waals surface area contributed by atoms with E-state index in [4.69, 9.17) is 10.4 Å². The van der Waals surface area contributed by atoms with E-state index in [-0.39, 0.29) is 24.2 Å². The van der Waals surface area contributed by atoms with Gasteiger partial charge in [0.2, 0.25) is 0 Å². The summed E-state index contributed by atoms with van der Waals surface area (Å²) in [6, 6.07) is 11.2. The molecule has 1 aliphatic rings. The lowest BCUT2D eigenvalue weighted by molar-refractivity contribution is 0.101. The van der Waals surface area contributed by atoms with E-state index in [2.05, 4.69) is 65.0 Å². The molecule has 0 radical (unpaired) electrons. The number of hydrogen-bond acceptors (Lipinski definition) is 7. The second kappa shape index (κ2) is 9.70. The molecule has 0 spiro atoms. The Morgan fingerprint density at radius 2 is 1.83 bits per heavy atom. The third kappa shape index (κ3) is 4.11. The number of aromatic nitrogens is 5. The van der Waals surface area contributed by atoms with E-state index >= 15 is 0 Å². The van der Waals surface area contributed by atoms with Gasteiger partial charge in [0, 0.05) is 55.1 Å². The first-order chi connectivity index (χ1) is 17.4. The van der Waals surface area contributed by atoms with Crippen LogP contribution in [-0.4, -0.2) is 54.6 Å². The van der Waals surface area contributed by atoms with Gasteiger partial charge in [-0.2, -0.15) is 20.6 Å². The number of pyridine rings is 1. The van der Waals surface area contributed by atoms with Crippen LogP contribution in [0.4, 0.5) is 5.69 Å². The van der Waals surface area contributed by atoms with E-state index in [1.165, 1.54) is 5.56 Å². The first-order valence-electron chi connectivity index (χ1n) is 12.6. The number of aryl methyl sites for hydroxylation is 1. The van der Waals surface area contributed by atoms with Crippen molar-refractivity contribution in [1.29, 1.82) is 5.26 Å². The molecule has 0 N–H and O–H groups in total. The maximum atomic E-state index is 12.9. The molecule has 1 saturated heterocycles. The number of piperazine rings is 1. The van der Waals surface area contributed by atoms with Crippen LogP contribution in [0.5, 0.6) is 0 Å². The van der Waals surface area contributed by atoms with Gasteiger partial charge in [0.25, 0.3) is 5.56 Å². The fraction of sp³-hybridized carbons (Fsp3) is 0.444. The zero-order chi connectivity index (χ0) is 25.4. The van der Waals surface area contributed by atoms with Crippen LogP contribution in [-0.2, 0) is 13.6 Å². The van der Waals surface area contributed by atoms with Crippen LogP contribution < -0.4 is 10.5 Å². The van der Waals surface area contributed by atoms with Crippen LogP contribution in [0.2, 0.25) is 0 Å². The minimum absolute atomic E-state index is 0.0630. The Morgan fingerprint density at radius 1 is 1.08 bits per heavy atom. The number of nitriles is 1. The molecule has 4 aromatic rings. The number of hydrogen-bond donors (Lipinski definition) is 0. The molecule has 3 aromatic heterocycles. The van der Waals surface area contributed by atoms with Gasteiger partial charge in [0.05, 0.1) is 35.9 Å². The molecule has 186 valence electrons. The molecule has 0 unspecified atom stereocenters. The summed E-state index contributed by atoms with van der Waals surface area (Å²) in [5, 5.41) is 24.1. The molecular weight excluding hydrogens is 452 g/mol. The predicted octanol–water partition coefficient (Wildman–Crippen LogP) is 3.64. The van der Waals surface area contributed by atoms with Crippen molar-refractivity contribution in [2.24, 2.45) is 7.05 Å². The second-order valence-electron chi connectivity index (χ2n) is 9.67. The molecule has 1 fully saturated rings. The van der Waals surface area contributed by atoms with E-state index in [1.54, 1.807) is 34.8 Å². The SMILES string of the molecule is CC[C@H]1CN([C@H](C)c2ccc3cnncc3c2)[C@H](CC)CN1c1cc(=O)n(C)c2cn(CC#N)nc12. The Morgan fingerprint density at radius 3 is 2.56 bits per heavy atom. The first-order valence-corrected chi connectivity index (χ1v) is 12.6. The summed E-state index contributed by atoms with van der Waals surface area (Å²) in [5.74, 6) is 0. The molecule has 0 amide bonds. The molecule has 4 heterocycles. The van der Waals surface area contributed by atoms with Gasteiger partial charge in [-0.25, -0.2) is 0 Å². The van der Waals surface area contributed by atoms with Crippen molar-refractivity contribution in [2.45, 2.75) is 58.3 Å². The van der Waals surface area contributed by atoms with Crippen LogP contribution >= 0.6 is 0 Å². The Kier molecular flexibility index (Phi) is 6.46. The van der Waals surface area contributed by atoms with E-state index in [9.17, 15) is 4.79 Å². The maximum absolute atomic E-state index is 12.9. The molecule has 0 aliphatic carbocycles. The third-order valence-electron chi connectivity index (χ3n) is 7.71. The Labute approximate surface area is 210 Å². The standard InChI is InChI=1S/C27H32N8O/c1-5-22-16-35(24-12-26(36)32(4)25-17-33(10-9-28)31-27(24)25)23(6-2)15-34(22)18(3)19-7-8-20-13-29-30-14-21(20)11-19/h7-8,11-14,17-18,22-23H,5-6,10,15-16H2,1-4H3/t18-,22-,23+/m1/s1. The van der Waals surface area contributed by atoms with Crippen molar-refractivity contribution in [3.8, 4) is 6.07 Å². The summed E-state index contributed by atoms with van der Waals surface area (Å²) in [5.41, 5.74) is 3.60. The average molecular weight is 485 g/mol. The van der Waals surface area contributed by atoms with Crippen LogP contribution in [0.15, 0.2) is 47.7 Å². The van der Waals surface area contributed by atoms with Gasteiger partial charge in [0.1, 0.15) is 12.1 Å². The second-order valence-corrected chi connectivity index (χ2v) is 9.67. The molecule has 3 atom stereocenters. The van der Waals surface area contributed by atoms with Crippen LogP contribution in [0.1, 0.15) is 45.2 Å². The lowest BCUT2D eigenvalue weighted by Crippen LogP contribution is -2.58. The van der Waals surface area contributed by atoms with Gasteiger partial charge < -0.3 is 9.47 Å². The summed E-state index contributed by atoms with van der Waals surface area (Å²) >= 11 is 0. The maximum Gasteiger partial charge on any atom is 0.252 e. The van der Waals surface area contributed by atoms with Crippen molar-refractivity contribution in [3.05, 3.63) is 58.8 Å². The molecule has 5 rings (SSSR count). The minimum atomic E-state index is -0.0630. The van der Waals surface area contributed by atoms with Gasteiger partial charge >= 0.3 is 0 Å². The Hall–Kier alpha value is -3.77. The van der Waals surface area contributed by atoms with E-state index in [0.717, 1.165) is 53.4 Å². The fourth-order valence-electron chi connectivity index (χ4n) is 5.53. The van der Waals surface area contributed by atoms with Crippen molar-refractivity contribution >= 4 is 27.5 Å². The van der Waals surface area contributed by atoms with Crippen molar-refractivity contribution in [1.82, 2.24) is 29.4 Å². The predicted molar refractivity (Wildman–Crippen MR) is 141 cm³/mol. The average Bonchev–Trinajstić information content (AvgIpc) is 3.33. The first kappa shape index (κ1) is 23.9. The molecule has 0 saturated carbocycles. The van der Waals surface area contributed by atoms with Crippen molar-refractivity contribution < 1.29 is 0 Å². The number of rotatable bonds is 6. The Bertz CT molecular complexity index is 1500. The summed E-state index contributed by atoms with van der Waals surface area (Å²) in [7, 11) is 1.76. The molecule has 0 bridgehead atoms. The number of nitrogens with zero attached hydrogens (tertiary/aromatic N) is 8. The summed E-state index contributed by atoms with van der Waals surface area (Å²) in [6.07, 6.45) is 7.36. The smallest absolute Gasteiger partial charge is 0.252 e. The van der Waals surface area contributed by atoms with Gasteiger partial charge in [0.15, 0.2) is 0 Å². The lowest BCUT2D eigenvalue weighted by atomic mass is 9.96. The summed E-state index contributed by atoms with van der Waals surface area (Å²) in [6.45, 7) is 8.56. The van der Waals surface area contributed by atoms with Crippen LogP contribution in [0.3, 0.4) is 0 Å². The van der Waals surface area contributed by atoms with Gasteiger partial charge in [-0.3, -0.25) is 14.4 Å². The van der Waals surface area contributed by atoms with E-state index in [1.807, 2.05) is 6.20 Å². The zero-order valence-electron chi connectivity index (χ0n) is 21.3. The minimum Gasteiger partial charge on any atom is -0.364 e. The molecule has 9 heteroatoms. The highest BCUT2D eigenvalue weighted by atomic mass is 16.1. The van der Waals surface area contributed by atoms with Gasteiger partial charge in [-0.1, -0.05) is 26.0 Å². The third-order valence-corrected chi connectivity index (χ3v) is 7.71. The van der Waals surface area contributed by atoms with Crippen LogP contribution in [0, 0.1) is 11.3 Å². The normalized spacial score (nSPS) is 19.6. The topological polar surface area (TPSA) is 95.9 Å². The number of anilines is 1. The Balaban J connectivity index is 1.51. The highest BCUT2D eigenvalue weighted by Gasteiger charge is 2.36. The lowest BCUT2D eigenvalue weighted by Gasteiger charge is -2.49. The van der Waals surface area contributed by atoms with E-state index < -0.39 is 0 Å². The largest absolute Gasteiger partial charge is 0.364 e. The highest BCUT2D eigenvalue weighted by Crippen LogP contribution is 2.34. The number of benzene rings is 1. The summed E-state index contributed by atoms with van der Waals surface area (Å²) < 4.78 is 3.23. The van der Waals surface area contributed by atoms with E-state index in [0.29, 0.717) is 6.04 Å². The highest BCUT2D eigenvalue weighted by molar-refractivity contribution is 5.88. The molecule has 36 heavy (non-hydrogen) atoms. The van der Waals surface area contributed by atoms with Crippen molar-refractivity contribution in [2.75, 3.05) is 18.0 Å². The molecule has 1 aliphatic heterocycles. The summed E-state index contributed by atoms with van der Waals surface area (Å²) in [4.78, 5) is 17.9. The van der Waals surface area contributed by atoms with Crippen LogP contribution in [0.25, 0.3) is 21.8 Å². The quantitative estimate of drug-likeness (QED) is 0.412. The van der Waals surface area contributed by atoms with Crippen molar-refractivity contribution in [3.63, 3.8) is 0 Å². The molecule has 1 aromatic carbocycles. The molecule has 9 nitrogen and oxygen atoms in total. The number of fused-ring (bicyclic) bond motifs is 2. The van der Waals surface area contributed by atoms with Gasteiger partial charge in [-0.05, 0) is 31.4 Å². The zero-order valence-corrected chi connectivity index (χ0v) is 21.3. The monoisotopic (exact) mass is 484 g/mol. The molecular formula is C27H32N8O. The fourth-order valence-corrected chi connectivity index (χ4v) is 5.53.